The van der Waals surface area contributed by atoms with Crippen molar-refractivity contribution in [1.29, 1.82) is 0 Å². The van der Waals surface area contributed by atoms with Crippen LogP contribution < -0.4 is 10.6 Å². The molecule has 3 aromatic heterocycles. The fraction of sp³-hybridized carbons (Fsp3) is 0.263. The van der Waals surface area contributed by atoms with Gasteiger partial charge in [-0.15, -0.1) is 0 Å². The van der Waals surface area contributed by atoms with E-state index in [0.29, 0.717) is 11.9 Å². The van der Waals surface area contributed by atoms with Gasteiger partial charge < -0.3 is 10.6 Å². The van der Waals surface area contributed by atoms with Gasteiger partial charge in [0.05, 0.1) is 5.69 Å². The molecule has 0 unspecified atom stereocenters. The highest BCUT2D eigenvalue weighted by molar-refractivity contribution is 5.65. The van der Waals surface area contributed by atoms with E-state index in [2.05, 4.69) is 30.6 Å². The van der Waals surface area contributed by atoms with E-state index in [0.717, 1.165) is 35.9 Å². The average Bonchev–Trinajstić information content (AvgIpc) is 3.21. The number of hydrogen-bond donors (Lipinski definition) is 2. The van der Waals surface area contributed by atoms with Crippen LogP contribution in [0.1, 0.15) is 12.8 Å². The van der Waals surface area contributed by atoms with Gasteiger partial charge in [0.15, 0.2) is 5.82 Å². The van der Waals surface area contributed by atoms with Gasteiger partial charge >= 0.3 is 0 Å². The number of aromatic nitrogens is 4. The molecule has 25 heavy (non-hydrogen) atoms. The minimum absolute atomic E-state index is 0.495. The van der Waals surface area contributed by atoms with Crippen molar-refractivity contribution in [3.8, 4) is 22.8 Å². The van der Waals surface area contributed by atoms with Gasteiger partial charge in [-0.25, -0.2) is 9.97 Å². The summed E-state index contributed by atoms with van der Waals surface area (Å²) in [6, 6.07) is 12.1. The Kier molecular flexibility index (Phi) is 4.61. The van der Waals surface area contributed by atoms with Gasteiger partial charge in [-0.1, -0.05) is 6.07 Å². The first-order valence-electron chi connectivity index (χ1n) is 8.56. The van der Waals surface area contributed by atoms with Crippen LogP contribution in [0, 0.1) is 0 Å². The lowest BCUT2D eigenvalue weighted by Gasteiger charge is -2.13. The highest BCUT2D eigenvalue weighted by Gasteiger charge is 2.15. The number of rotatable bonds is 5. The zero-order chi connectivity index (χ0) is 16.9. The van der Waals surface area contributed by atoms with E-state index in [4.69, 9.17) is 0 Å². The van der Waals surface area contributed by atoms with Gasteiger partial charge in [0.1, 0.15) is 11.5 Å². The molecule has 126 valence electrons. The summed E-state index contributed by atoms with van der Waals surface area (Å²) in [5, 5.41) is 6.94. The van der Waals surface area contributed by atoms with Crippen LogP contribution in [-0.2, 0) is 0 Å². The zero-order valence-corrected chi connectivity index (χ0v) is 13.9. The number of anilines is 1. The van der Waals surface area contributed by atoms with Gasteiger partial charge in [-0.3, -0.25) is 9.97 Å². The predicted molar refractivity (Wildman–Crippen MR) is 98.0 cm³/mol. The number of nitrogens with zero attached hydrogens (tertiary/aromatic N) is 4. The monoisotopic (exact) mass is 332 g/mol. The lowest BCUT2D eigenvalue weighted by atomic mass is 10.2. The number of hydrogen-bond acceptors (Lipinski definition) is 6. The third-order valence-electron chi connectivity index (χ3n) is 4.27. The van der Waals surface area contributed by atoms with Gasteiger partial charge in [0, 0.05) is 42.8 Å². The van der Waals surface area contributed by atoms with E-state index >= 15 is 0 Å². The second-order valence-corrected chi connectivity index (χ2v) is 6.09. The van der Waals surface area contributed by atoms with Gasteiger partial charge in [-0.05, 0) is 43.7 Å². The largest absolute Gasteiger partial charge is 0.368 e. The first-order chi connectivity index (χ1) is 12.4. The third kappa shape index (κ3) is 3.80. The molecule has 2 N–H and O–H groups in total. The molecule has 0 amide bonds. The summed E-state index contributed by atoms with van der Waals surface area (Å²) in [6.45, 7) is 1.95. The topological polar surface area (TPSA) is 75.6 Å². The van der Waals surface area contributed by atoms with E-state index in [1.807, 2.05) is 42.6 Å². The summed E-state index contributed by atoms with van der Waals surface area (Å²) >= 11 is 0. The maximum Gasteiger partial charge on any atom is 0.180 e. The summed E-state index contributed by atoms with van der Waals surface area (Å²) in [5.74, 6) is 1.42. The Bertz CT molecular complexity index is 758. The van der Waals surface area contributed by atoms with Crippen molar-refractivity contribution in [2.75, 3.05) is 18.4 Å². The Morgan fingerprint density at radius 3 is 2.84 bits per heavy atom. The standard InChI is InChI=1S/C19H20N6/c1-2-9-22-16(7-1)19-24-17(14-5-3-8-20-12-14)11-18(25-19)23-13-15-6-4-10-21-15/h1-3,5,7-9,11-12,15,21H,4,6,10,13H2,(H,23,24,25)/t15-/m0/s1. The van der Waals surface area contributed by atoms with Gasteiger partial charge in [-0.2, -0.15) is 0 Å². The second kappa shape index (κ2) is 7.36. The molecular formula is C19H20N6. The van der Waals surface area contributed by atoms with Crippen LogP contribution in [0.15, 0.2) is 55.0 Å². The van der Waals surface area contributed by atoms with Crippen LogP contribution in [0.3, 0.4) is 0 Å². The van der Waals surface area contributed by atoms with E-state index in [1.54, 1.807) is 12.4 Å². The summed E-state index contributed by atoms with van der Waals surface area (Å²) < 4.78 is 0. The molecule has 1 atom stereocenters. The lowest BCUT2D eigenvalue weighted by Crippen LogP contribution is -2.29. The number of nitrogens with one attached hydrogen (secondary N) is 2. The third-order valence-corrected chi connectivity index (χ3v) is 4.27. The van der Waals surface area contributed by atoms with Crippen molar-refractivity contribution in [3.05, 3.63) is 55.0 Å². The van der Waals surface area contributed by atoms with E-state index < -0.39 is 0 Å². The molecule has 4 heterocycles. The molecule has 0 aliphatic carbocycles. The molecule has 0 saturated carbocycles. The Morgan fingerprint density at radius 1 is 1.08 bits per heavy atom. The van der Waals surface area contributed by atoms with E-state index in [-0.39, 0.29) is 0 Å². The zero-order valence-electron chi connectivity index (χ0n) is 13.9. The van der Waals surface area contributed by atoms with Crippen LogP contribution in [0.4, 0.5) is 5.82 Å². The fourth-order valence-electron chi connectivity index (χ4n) is 2.97. The molecule has 1 fully saturated rings. The average molecular weight is 332 g/mol. The van der Waals surface area contributed by atoms with Crippen LogP contribution in [0.5, 0.6) is 0 Å². The van der Waals surface area contributed by atoms with Crippen LogP contribution >= 0.6 is 0 Å². The molecular weight excluding hydrogens is 312 g/mol. The van der Waals surface area contributed by atoms with Crippen molar-refractivity contribution in [2.45, 2.75) is 18.9 Å². The first-order valence-corrected chi connectivity index (χ1v) is 8.56. The van der Waals surface area contributed by atoms with Crippen LogP contribution in [0.25, 0.3) is 22.8 Å². The highest BCUT2D eigenvalue weighted by Crippen LogP contribution is 2.23. The first kappa shape index (κ1) is 15.7. The molecule has 6 heteroatoms. The minimum Gasteiger partial charge on any atom is -0.368 e. The lowest BCUT2D eigenvalue weighted by molar-refractivity contribution is 0.632. The quantitative estimate of drug-likeness (QED) is 0.748. The summed E-state index contributed by atoms with van der Waals surface area (Å²) in [7, 11) is 0. The molecule has 0 radical (unpaired) electrons. The highest BCUT2D eigenvalue weighted by atomic mass is 15.1. The molecule has 1 aliphatic heterocycles. The molecule has 0 aromatic carbocycles. The molecule has 0 bridgehead atoms. The molecule has 1 aliphatic rings. The summed E-state index contributed by atoms with van der Waals surface area (Å²) in [5.41, 5.74) is 2.56. The Labute approximate surface area is 146 Å². The van der Waals surface area contributed by atoms with Crippen molar-refractivity contribution in [1.82, 2.24) is 25.3 Å². The normalized spacial score (nSPS) is 16.7. The molecule has 3 aromatic rings. The second-order valence-electron chi connectivity index (χ2n) is 6.09. The fourth-order valence-corrected chi connectivity index (χ4v) is 2.97. The van der Waals surface area contributed by atoms with E-state index in [9.17, 15) is 0 Å². The predicted octanol–water partition coefficient (Wildman–Crippen LogP) is 2.76. The van der Waals surface area contributed by atoms with Gasteiger partial charge in [0.2, 0.25) is 0 Å². The Morgan fingerprint density at radius 2 is 2.08 bits per heavy atom. The smallest absolute Gasteiger partial charge is 0.180 e. The Hall–Kier alpha value is -2.86. The molecule has 4 rings (SSSR count). The van der Waals surface area contributed by atoms with Crippen molar-refractivity contribution in [3.63, 3.8) is 0 Å². The van der Waals surface area contributed by atoms with E-state index in [1.165, 1.54) is 12.8 Å². The van der Waals surface area contributed by atoms with Crippen LogP contribution in [0.2, 0.25) is 0 Å². The van der Waals surface area contributed by atoms with Crippen LogP contribution in [-0.4, -0.2) is 39.1 Å². The van der Waals surface area contributed by atoms with Crippen molar-refractivity contribution in [2.24, 2.45) is 0 Å². The SMILES string of the molecule is c1ccc(-c2nc(NC[C@@H]3CCCN3)cc(-c3cccnc3)n2)nc1. The maximum atomic E-state index is 4.68. The molecule has 0 spiro atoms. The Balaban J connectivity index is 1.67. The van der Waals surface area contributed by atoms with Crippen molar-refractivity contribution >= 4 is 5.82 Å². The number of pyridine rings is 2. The van der Waals surface area contributed by atoms with Gasteiger partial charge in [0.25, 0.3) is 0 Å². The maximum absolute atomic E-state index is 4.68. The van der Waals surface area contributed by atoms with Crippen molar-refractivity contribution < 1.29 is 0 Å². The summed E-state index contributed by atoms with van der Waals surface area (Å²) in [4.78, 5) is 17.9. The minimum atomic E-state index is 0.495. The molecule has 6 nitrogen and oxygen atoms in total. The molecule has 1 saturated heterocycles. The summed E-state index contributed by atoms with van der Waals surface area (Å²) in [6.07, 6.45) is 7.75.